The molecule has 124 valence electrons. The zero-order valence-electron chi connectivity index (χ0n) is 13.9. The van der Waals surface area contributed by atoms with Gasteiger partial charge in [0.1, 0.15) is 6.61 Å². The molecule has 5 heteroatoms. The quantitative estimate of drug-likeness (QED) is 0.784. The highest BCUT2D eigenvalue weighted by Gasteiger charge is 2.11. The highest BCUT2D eigenvalue weighted by atomic mass is 16.5. The second-order valence-corrected chi connectivity index (χ2v) is 5.35. The second-order valence-electron chi connectivity index (χ2n) is 5.35. The number of nitrogens with one attached hydrogen (secondary N) is 1. The predicted octanol–water partition coefficient (Wildman–Crippen LogP) is 2.62. The smallest absolute Gasteiger partial charge is 0.161 e. The third kappa shape index (κ3) is 4.68. The van der Waals surface area contributed by atoms with Gasteiger partial charge in [-0.25, -0.2) is 0 Å². The van der Waals surface area contributed by atoms with Crippen LogP contribution >= 0.6 is 0 Å². The standard InChI is InChI=1S/C18H24N2O3/c1-13-5-4-8-19-16(13)12-20-14(2)15-6-7-17(23-10-9-21)18(11-15)22-3/h4-8,11,14,20-21H,9-10,12H2,1-3H3. The normalized spacial score (nSPS) is 12.0. The number of nitrogens with zero attached hydrogens (tertiary/aromatic N) is 1. The number of aliphatic hydroxyl groups is 1. The number of methoxy groups -OCH3 is 1. The Hall–Kier alpha value is -2.11. The van der Waals surface area contributed by atoms with E-state index in [0.717, 1.165) is 11.3 Å². The van der Waals surface area contributed by atoms with Crippen LogP contribution in [0.2, 0.25) is 0 Å². The van der Waals surface area contributed by atoms with Crippen molar-refractivity contribution in [3.63, 3.8) is 0 Å². The van der Waals surface area contributed by atoms with Crippen molar-refractivity contribution in [1.82, 2.24) is 10.3 Å². The minimum absolute atomic E-state index is 0.0215. The fourth-order valence-corrected chi connectivity index (χ4v) is 2.30. The van der Waals surface area contributed by atoms with Gasteiger partial charge >= 0.3 is 0 Å². The first-order chi connectivity index (χ1) is 11.2. The van der Waals surface area contributed by atoms with Crippen molar-refractivity contribution in [3.05, 3.63) is 53.3 Å². The summed E-state index contributed by atoms with van der Waals surface area (Å²) in [6, 6.07) is 9.97. The lowest BCUT2D eigenvalue weighted by molar-refractivity contribution is 0.196. The van der Waals surface area contributed by atoms with Gasteiger partial charge in [-0.2, -0.15) is 0 Å². The summed E-state index contributed by atoms with van der Waals surface area (Å²) in [5.74, 6) is 1.30. The van der Waals surface area contributed by atoms with Crippen molar-refractivity contribution in [1.29, 1.82) is 0 Å². The molecule has 1 atom stereocenters. The summed E-state index contributed by atoms with van der Waals surface area (Å²) < 4.78 is 10.8. The minimum atomic E-state index is -0.0215. The van der Waals surface area contributed by atoms with Crippen molar-refractivity contribution in [2.45, 2.75) is 26.4 Å². The van der Waals surface area contributed by atoms with Crippen LogP contribution in [0.4, 0.5) is 0 Å². The van der Waals surface area contributed by atoms with Crippen LogP contribution in [-0.2, 0) is 6.54 Å². The molecule has 0 amide bonds. The van der Waals surface area contributed by atoms with E-state index in [-0.39, 0.29) is 19.3 Å². The summed E-state index contributed by atoms with van der Waals surface area (Å²) in [6.45, 7) is 5.10. The zero-order valence-corrected chi connectivity index (χ0v) is 13.9. The van der Waals surface area contributed by atoms with Gasteiger partial charge < -0.3 is 19.9 Å². The zero-order chi connectivity index (χ0) is 16.7. The highest BCUT2D eigenvalue weighted by Crippen LogP contribution is 2.30. The van der Waals surface area contributed by atoms with E-state index >= 15 is 0 Å². The van der Waals surface area contributed by atoms with E-state index < -0.39 is 0 Å². The molecule has 0 aliphatic heterocycles. The number of pyridine rings is 1. The largest absolute Gasteiger partial charge is 0.493 e. The van der Waals surface area contributed by atoms with Gasteiger partial charge in [0, 0.05) is 18.8 Å². The first-order valence-electron chi connectivity index (χ1n) is 7.71. The Bertz CT molecular complexity index is 631. The van der Waals surface area contributed by atoms with Gasteiger partial charge in [-0.05, 0) is 43.2 Å². The van der Waals surface area contributed by atoms with Crippen LogP contribution in [0.25, 0.3) is 0 Å². The van der Waals surface area contributed by atoms with E-state index in [1.54, 1.807) is 7.11 Å². The molecule has 0 fully saturated rings. The Balaban J connectivity index is 2.04. The van der Waals surface area contributed by atoms with E-state index in [1.165, 1.54) is 5.56 Å². The molecule has 2 aromatic rings. The summed E-state index contributed by atoms with van der Waals surface area (Å²) in [5, 5.41) is 12.3. The number of aromatic nitrogens is 1. The van der Waals surface area contributed by atoms with Crippen LogP contribution in [0, 0.1) is 6.92 Å². The van der Waals surface area contributed by atoms with Gasteiger partial charge in [-0.15, -0.1) is 0 Å². The summed E-state index contributed by atoms with van der Waals surface area (Å²) in [7, 11) is 1.61. The number of rotatable bonds is 8. The summed E-state index contributed by atoms with van der Waals surface area (Å²) in [5.41, 5.74) is 3.33. The topological polar surface area (TPSA) is 63.6 Å². The minimum Gasteiger partial charge on any atom is -0.493 e. The van der Waals surface area contributed by atoms with Crippen molar-refractivity contribution in [2.24, 2.45) is 0 Å². The number of aryl methyl sites for hydroxylation is 1. The lowest BCUT2D eigenvalue weighted by atomic mass is 10.1. The SMILES string of the molecule is COc1cc(C(C)NCc2ncccc2C)ccc1OCCO. The number of benzene rings is 1. The van der Waals surface area contributed by atoms with Gasteiger partial charge in [0.2, 0.25) is 0 Å². The lowest BCUT2D eigenvalue weighted by Crippen LogP contribution is -2.19. The fourth-order valence-electron chi connectivity index (χ4n) is 2.30. The molecular weight excluding hydrogens is 292 g/mol. The fraction of sp³-hybridized carbons (Fsp3) is 0.389. The summed E-state index contributed by atoms with van der Waals surface area (Å²) >= 11 is 0. The van der Waals surface area contributed by atoms with Gasteiger partial charge in [0.25, 0.3) is 0 Å². The van der Waals surface area contributed by atoms with Crippen molar-refractivity contribution in [3.8, 4) is 11.5 Å². The Kier molecular flexibility index (Phi) is 6.38. The van der Waals surface area contributed by atoms with Crippen molar-refractivity contribution >= 4 is 0 Å². The van der Waals surface area contributed by atoms with Crippen LogP contribution in [-0.4, -0.2) is 30.4 Å². The number of hydrogen-bond acceptors (Lipinski definition) is 5. The van der Waals surface area contributed by atoms with Crippen LogP contribution in [0.5, 0.6) is 11.5 Å². The molecule has 0 aliphatic rings. The molecule has 1 heterocycles. The van der Waals surface area contributed by atoms with E-state index in [0.29, 0.717) is 18.0 Å². The molecule has 5 nitrogen and oxygen atoms in total. The predicted molar refractivity (Wildman–Crippen MR) is 89.8 cm³/mol. The molecule has 0 spiro atoms. The number of aliphatic hydroxyl groups excluding tert-OH is 1. The Morgan fingerprint density at radius 2 is 2.09 bits per heavy atom. The third-order valence-corrected chi connectivity index (χ3v) is 3.73. The number of ether oxygens (including phenoxy) is 2. The van der Waals surface area contributed by atoms with Crippen LogP contribution in [0.15, 0.2) is 36.5 Å². The molecule has 1 aromatic carbocycles. The molecule has 2 rings (SSSR count). The summed E-state index contributed by atoms with van der Waals surface area (Å²) in [4.78, 5) is 4.39. The van der Waals surface area contributed by atoms with Crippen molar-refractivity contribution < 1.29 is 14.6 Å². The highest BCUT2D eigenvalue weighted by molar-refractivity contribution is 5.43. The van der Waals surface area contributed by atoms with Crippen molar-refractivity contribution in [2.75, 3.05) is 20.3 Å². The number of hydrogen-bond donors (Lipinski definition) is 2. The Labute approximate surface area is 137 Å². The van der Waals surface area contributed by atoms with E-state index in [2.05, 4.69) is 30.2 Å². The molecule has 0 saturated carbocycles. The first-order valence-corrected chi connectivity index (χ1v) is 7.71. The molecule has 2 N–H and O–H groups in total. The lowest BCUT2D eigenvalue weighted by Gasteiger charge is -2.17. The van der Waals surface area contributed by atoms with Gasteiger partial charge in [-0.3, -0.25) is 4.98 Å². The average Bonchev–Trinajstić information content (AvgIpc) is 2.58. The molecule has 1 unspecified atom stereocenters. The maximum absolute atomic E-state index is 8.85. The maximum Gasteiger partial charge on any atom is 0.161 e. The van der Waals surface area contributed by atoms with Gasteiger partial charge in [0.15, 0.2) is 11.5 Å². The molecule has 0 radical (unpaired) electrons. The molecule has 23 heavy (non-hydrogen) atoms. The van der Waals surface area contributed by atoms with Gasteiger partial charge in [0.05, 0.1) is 19.4 Å². The molecular formula is C18H24N2O3. The molecule has 1 aromatic heterocycles. The summed E-state index contributed by atoms with van der Waals surface area (Å²) in [6.07, 6.45) is 1.81. The Morgan fingerprint density at radius 1 is 1.26 bits per heavy atom. The van der Waals surface area contributed by atoms with Crippen LogP contribution < -0.4 is 14.8 Å². The van der Waals surface area contributed by atoms with E-state index in [9.17, 15) is 0 Å². The van der Waals surface area contributed by atoms with E-state index in [4.69, 9.17) is 14.6 Å². The van der Waals surface area contributed by atoms with Crippen LogP contribution in [0.1, 0.15) is 29.8 Å². The van der Waals surface area contributed by atoms with Gasteiger partial charge in [-0.1, -0.05) is 12.1 Å². The van der Waals surface area contributed by atoms with Crippen LogP contribution in [0.3, 0.4) is 0 Å². The average molecular weight is 316 g/mol. The molecule has 0 bridgehead atoms. The van der Waals surface area contributed by atoms with E-state index in [1.807, 2.05) is 30.5 Å². The molecule has 0 saturated heterocycles. The monoisotopic (exact) mass is 316 g/mol. The Morgan fingerprint density at radius 3 is 2.78 bits per heavy atom. The molecule has 0 aliphatic carbocycles. The first kappa shape index (κ1) is 17.2. The maximum atomic E-state index is 8.85. The second kappa shape index (κ2) is 8.50. The third-order valence-electron chi connectivity index (χ3n) is 3.73.